The average molecular weight is 458 g/mol. The highest BCUT2D eigenvalue weighted by atomic mass is 35.5. The lowest BCUT2D eigenvalue weighted by Gasteiger charge is -2.32. The summed E-state index contributed by atoms with van der Waals surface area (Å²) in [4.78, 5) is 21.3. The van der Waals surface area contributed by atoms with Gasteiger partial charge < -0.3 is 29.4 Å². The van der Waals surface area contributed by atoms with Gasteiger partial charge >= 0.3 is 0 Å². The molecule has 1 aliphatic heterocycles. The number of rotatable bonds is 8. The zero-order valence-corrected chi connectivity index (χ0v) is 19.1. The standard InChI is InChI=1S/C21H26ClNO.C4H4O4/c1-21(17-7-4-3-5-8-17,18-10-12-19(22)13-11-18)24-16-14-20-9-6-15-23(20)2;5-3(6)1-2-4(7)8/h3-5,7-8,10-13,20H,6,9,14-16H2,1-2H3;1-2H,(H,5,6)(H,7,8)/p-2/b;2-1+/t20-,21-;/m1./s1. The molecule has 1 heterocycles. The molecule has 0 radical (unpaired) electrons. The Kier molecular flexibility index (Phi) is 9.91. The van der Waals surface area contributed by atoms with Crippen LogP contribution in [-0.2, 0) is 19.9 Å². The lowest BCUT2D eigenvalue weighted by atomic mass is 9.88. The van der Waals surface area contributed by atoms with E-state index in [0.717, 1.165) is 23.6 Å². The number of hydrogen-bond donors (Lipinski definition) is 0. The molecule has 0 unspecified atom stereocenters. The molecule has 6 nitrogen and oxygen atoms in total. The highest BCUT2D eigenvalue weighted by Crippen LogP contribution is 2.34. The van der Waals surface area contributed by atoms with Crippen molar-refractivity contribution in [1.82, 2.24) is 4.90 Å². The first-order valence-corrected chi connectivity index (χ1v) is 10.9. The molecule has 2 atom stereocenters. The fourth-order valence-corrected chi connectivity index (χ4v) is 3.86. The Bertz CT molecular complexity index is 884. The molecule has 0 saturated carbocycles. The Morgan fingerprint density at radius 1 is 1.06 bits per heavy atom. The normalized spacial score (nSPS) is 18.0. The lowest BCUT2D eigenvalue weighted by Crippen LogP contribution is -2.31. The number of carboxylic acids is 2. The molecule has 1 fully saturated rings. The highest BCUT2D eigenvalue weighted by molar-refractivity contribution is 6.30. The summed E-state index contributed by atoms with van der Waals surface area (Å²) in [5.74, 6) is -3.09. The van der Waals surface area contributed by atoms with Gasteiger partial charge in [-0.2, -0.15) is 0 Å². The number of hydrogen-bond acceptors (Lipinski definition) is 6. The number of carbonyl (C=O) groups is 2. The molecule has 3 rings (SSSR count). The van der Waals surface area contributed by atoms with Crippen molar-refractivity contribution < 1.29 is 24.5 Å². The molecule has 7 heteroatoms. The second-order valence-electron chi connectivity index (χ2n) is 7.79. The third-order valence-electron chi connectivity index (χ3n) is 5.59. The maximum absolute atomic E-state index is 9.41. The van der Waals surface area contributed by atoms with Gasteiger partial charge in [-0.05, 0) is 75.2 Å². The summed E-state index contributed by atoms with van der Waals surface area (Å²) >= 11 is 6.07. The molecule has 0 aliphatic carbocycles. The van der Waals surface area contributed by atoms with Crippen LogP contribution in [0.5, 0.6) is 0 Å². The van der Waals surface area contributed by atoms with Gasteiger partial charge in [0.25, 0.3) is 0 Å². The van der Waals surface area contributed by atoms with Crippen LogP contribution in [0.3, 0.4) is 0 Å². The molecule has 0 aromatic heterocycles. The molecule has 1 saturated heterocycles. The first kappa shape index (κ1) is 25.6. The highest BCUT2D eigenvalue weighted by Gasteiger charge is 2.30. The summed E-state index contributed by atoms with van der Waals surface area (Å²) < 4.78 is 6.48. The van der Waals surface area contributed by atoms with Gasteiger partial charge in [0, 0.05) is 17.7 Å². The number of likely N-dealkylation sites (tertiary alicyclic amines) is 1. The first-order chi connectivity index (χ1) is 15.2. The number of aliphatic carboxylic acids is 2. The molecular weight excluding hydrogens is 430 g/mol. The quantitative estimate of drug-likeness (QED) is 0.564. The number of carbonyl (C=O) groups excluding carboxylic acids is 2. The van der Waals surface area contributed by atoms with Crippen molar-refractivity contribution in [1.29, 1.82) is 0 Å². The van der Waals surface area contributed by atoms with Crippen LogP contribution in [0, 0.1) is 0 Å². The molecule has 172 valence electrons. The fourth-order valence-electron chi connectivity index (χ4n) is 3.74. The predicted molar refractivity (Wildman–Crippen MR) is 120 cm³/mol. The predicted octanol–water partition coefficient (Wildman–Crippen LogP) is 2.15. The fraction of sp³-hybridized carbons (Fsp3) is 0.360. The van der Waals surface area contributed by atoms with E-state index in [1.807, 2.05) is 18.2 Å². The van der Waals surface area contributed by atoms with Gasteiger partial charge in [0.1, 0.15) is 5.60 Å². The topological polar surface area (TPSA) is 92.7 Å². The van der Waals surface area contributed by atoms with E-state index in [1.165, 1.54) is 24.9 Å². The van der Waals surface area contributed by atoms with E-state index in [9.17, 15) is 19.8 Å². The number of benzene rings is 2. The smallest absolute Gasteiger partial charge is 0.115 e. The largest absolute Gasteiger partial charge is 0.545 e. The number of halogens is 1. The molecule has 1 aliphatic rings. The van der Waals surface area contributed by atoms with E-state index < -0.39 is 17.5 Å². The molecule has 0 amide bonds. The summed E-state index contributed by atoms with van der Waals surface area (Å²) in [6.07, 6.45) is 4.42. The summed E-state index contributed by atoms with van der Waals surface area (Å²) in [5, 5.41) is 19.6. The van der Waals surface area contributed by atoms with Crippen LogP contribution in [0.15, 0.2) is 66.7 Å². The monoisotopic (exact) mass is 457 g/mol. The zero-order chi connectivity index (χ0) is 23.6. The zero-order valence-electron chi connectivity index (χ0n) is 18.3. The van der Waals surface area contributed by atoms with E-state index in [4.69, 9.17) is 16.3 Å². The van der Waals surface area contributed by atoms with Crippen molar-refractivity contribution in [2.24, 2.45) is 0 Å². The Balaban J connectivity index is 0.000000390. The van der Waals surface area contributed by atoms with Crippen LogP contribution in [0.1, 0.15) is 37.3 Å². The Morgan fingerprint density at radius 2 is 1.62 bits per heavy atom. The van der Waals surface area contributed by atoms with E-state index in [-0.39, 0.29) is 0 Å². The molecule has 0 spiro atoms. The van der Waals surface area contributed by atoms with Gasteiger partial charge in [0.15, 0.2) is 0 Å². The third-order valence-corrected chi connectivity index (χ3v) is 5.84. The third kappa shape index (κ3) is 7.79. The van der Waals surface area contributed by atoms with E-state index in [0.29, 0.717) is 18.2 Å². The van der Waals surface area contributed by atoms with Crippen molar-refractivity contribution >= 4 is 23.5 Å². The number of carboxylic acid groups (broad SMARTS) is 2. The average Bonchev–Trinajstić information content (AvgIpc) is 3.18. The second-order valence-corrected chi connectivity index (χ2v) is 8.23. The molecule has 2 aromatic carbocycles. The molecule has 0 N–H and O–H groups in total. The number of nitrogens with zero attached hydrogens (tertiary/aromatic N) is 1. The molecular formula is C25H28ClNO5-2. The van der Waals surface area contributed by atoms with Crippen LogP contribution in [0.2, 0.25) is 5.02 Å². The van der Waals surface area contributed by atoms with Crippen LogP contribution in [0.25, 0.3) is 0 Å². The lowest BCUT2D eigenvalue weighted by molar-refractivity contribution is -0.301. The number of ether oxygens (including phenoxy) is 1. The van der Waals surface area contributed by atoms with Crippen molar-refractivity contribution in [3.63, 3.8) is 0 Å². The van der Waals surface area contributed by atoms with E-state index in [2.05, 4.69) is 55.3 Å². The minimum Gasteiger partial charge on any atom is -0.545 e. The van der Waals surface area contributed by atoms with E-state index in [1.54, 1.807) is 0 Å². The van der Waals surface area contributed by atoms with Crippen LogP contribution >= 0.6 is 11.6 Å². The van der Waals surface area contributed by atoms with Crippen LogP contribution < -0.4 is 10.2 Å². The van der Waals surface area contributed by atoms with Crippen molar-refractivity contribution in [3.05, 3.63) is 82.9 Å². The van der Waals surface area contributed by atoms with Gasteiger partial charge in [-0.15, -0.1) is 0 Å². The van der Waals surface area contributed by atoms with E-state index >= 15 is 0 Å². The van der Waals surface area contributed by atoms with Gasteiger partial charge in [0.05, 0.1) is 11.9 Å². The molecule has 0 bridgehead atoms. The van der Waals surface area contributed by atoms with Gasteiger partial charge in [0.2, 0.25) is 0 Å². The maximum Gasteiger partial charge on any atom is 0.115 e. The molecule has 2 aromatic rings. The van der Waals surface area contributed by atoms with Gasteiger partial charge in [-0.25, -0.2) is 0 Å². The Morgan fingerprint density at radius 3 is 2.12 bits per heavy atom. The summed E-state index contributed by atoms with van der Waals surface area (Å²) in [6, 6.07) is 19.1. The summed E-state index contributed by atoms with van der Waals surface area (Å²) in [7, 11) is 2.22. The van der Waals surface area contributed by atoms with Gasteiger partial charge in [-0.1, -0.05) is 54.1 Å². The van der Waals surface area contributed by atoms with Crippen molar-refractivity contribution in [2.75, 3.05) is 20.2 Å². The Hall–Kier alpha value is -2.67. The Labute approximate surface area is 194 Å². The van der Waals surface area contributed by atoms with Crippen LogP contribution in [0.4, 0.5) is 0 Å². The summed E-state index contributed by atoms with van der Waals surface area (Å²) in [5.41, 5.74) is 1.85. The second kappa shape index (κ2) is 12.4. The first-order valence-electron chi connectivity index (χ1n) is 10.5. The SMILES string of the molecule is CN1CCC[C@@H]1CCO[C@](C)(c1ccccc1)c1ccc(Cl)cc1.O=C([O-])/C=C/C(=O)[O-]. The van der Waals surface area contributed by atoms with Gasteiger partial charge in [-0.3, -0.25) is 0 Å². The maximum atomic E-state index is 9.41. The minimum absolute atomic E-state index is 0.384. The molecule has 32 heavy (non-hydrogen) atoms. The summed E-state index contributed by atoms with van der Waals surface area (Å²) in [6.45, 7) is 4.12. The van der Waals surface area contributed by atoms with Crippen molar-refractivity contribution in [3.8, 4) is 0 Å². The van der Waals surface area contributed by atoms with Crippen molar-refractivity contribution in [2.45, 2.75) is 37.8 Å². The minimum atomic E-state index is -1.55. The van der Waals surface area contributed by atoms with Crippen LogP contribution in [-0.4, -0.2) is 43.1 Å².